The molecule has 0 fully saturated rings. The van der Waals surface area contributed by atoms with E-state index in [0.717, 1.165) is 53.9 Å². The van der Waals surface area contributed by atoms with Gasteiger partial charge in [0.1, 0.15) is 14.2 Å². The summed E-state index contributed by atoms with van der Waals surface area (Å²) in [7, 11) is -8.21. The number of sulfone groups is 1. The maximum atomic E-state index is 13.2. The molecule has 1 aliphatic heterocycles. The first-order valence-electron chi connectivity index (χ1n) is 19.9. The number of carbonyl (C=O) groups excluding carboxylic acids is 5. The number of sulfonamides is 1. The average molecular weight is 872 g/mol. The first-order valence-corrected chi connectivity index (χ1v) is 23.8. The summed E-state index contributed by atoms with van der Waals surface area (Å²) in [5.41, 5.74) is 5.57. The van der Waals surface area contributed by atoms with Crippen molar-refractivity contribution in [3.63, 3.8) is 0 Å². The van der Waals surface area contributed by atoms with Crippen LogP contribution in [0.1, 0.15) is 110 Å². The van der Waals surface area contributed by atoms with Gasteiger partial charge in [-0.1, -0.05) is 32.4 Å². The molecular weight excluding hydrogens is 819 g/mol. The molecule has 3 aliphatic rings. The van der Waals surface area contributed by atoms with Crippen molar-refractivity contribution in [3.05, 3.63) is 69.3 Å². The van der Waals surface area contributed by atoms with Crippen molar-refractivity contribution in [1.82, 2.24) is 14.9 Å². The molecule has 2 N–H and O–H groups in total. The predicted molar refractivity (Wildman–Crippen MR) is 223 cm³/mol. The minimum atomic E-state index is -4.46. The number of esters is 2. The molecule has 1 aromatic heterocycles. The normalized spacial score (nSPS) is 19.9. The Morgan fingerprint density at radius 2 is 1.75 bits per heavy atom. The number of thiophene rings is 1. The van der Waals surface area contributed by atoms with Crippen molar-refractivity contribution in [2.45, 2.75) is 119 Å². The van der Waals surface area contributed by atoms with Crippen LogP contribution < -0.4 is 14.8 Å². The molecule has 0 bridgehead atoms. The summed E-state index contributed by atoms with van der Waals surface area (Å²) < 4.78 is 64.2. The molecule has 0 saturated carbocycles. The zero-order chi connectivity index (χ0) is 43.4. The highest BCUT2D eigenvalue weighted by Crippen LogP contribution is 2.43. The van der Waals surface area contributed by atoms with Crippen molar-refractivity contribution in [3.8, 4) is 5.75 Å². The number of allylic oxidation sites excluding steroid dienone is 6. The SMILES string of the molecule is CCN[C@H]1C[C@H](C)S(=O)(=O)c2sc(S(=O)(=O)NC(=O)CCC(=O)OC(C)C(=O)Oc3ccc4c(c3)/C(=C/C3=C(C)C(C(=O)CCCN(CC)CC)=C(C)C3)C(=O)C4)cc21. The lowest BCUT2D eigenvalue weighted by molar-refractivity contribution is -0.161. The van der Waals surface area contributed by atoms with Gasteiger partial charge in [0.15, 0.2) is 27.5 Å². The summed E-state index contributed by atoms with van der Waals surface area (Å²) >= 11 is 0.570. The van der Waals surface area contributed by atoms with Gasteiger partial charge in [0.2, 0.25) is 5.91 Å². The second kappa shape index (κ2) is 19.0. The first kappa shape index (κ1) is 45.8. The molecule has 1 amide bonds. The number of amides is 1. The lowest BCUT2D eigenvalue weighted by Crippen LogP contribution is -2.33. The minimum absolute atomic E-state index is 0.0610. The summed E-state index contributed by atoms with van der Waals surface area (Å²) in [6.45, 7) is 16.0. The largest absolute Gasteiger partial charge is 0.451 e. The van der Waals surface area contributed by atoms with E-state index in [1.165, 1.54) is 19.1 Å². The number of ether oxygens (including phenoxy) is 2. The maximum absolute atomic E-state index is 13.2. The van der Waals surface area contributed by atoms with Crippen LogP contribution >= 0.6 is 11.3 Å². The predicted octanol–water partition coefficient (Wildman–Crippen LogP) is 5.32. The number of ketones is 2. The van der Waals surface area contributed by atoms with E-state index >= 15 is 0 Å². The van der Waals surface area contributed by atoms with E-state index < -0.39 is 61.9 Å². The van der Waals surface area contributed by atoms with Crippen LogP contribution in [0.4, 0.5) is 0 Å². The Bertz CT molecular complexity index is 2350. The molecule has 0 spiro atoms. The monoisotopic (exact) mass is 871 g/mol. The van der Waals surface area contributed by atoms with Crippen LogP contribution in [-0.4, -0.2) is 88.7 Å². The highest BCUT2D eigenvalue weighted by molar-refractivity contribution is 7.95. The standard InChI is InChI=1S/C42H53N3O11S3/c1-8-43-34-19-25(5)58(51,52)42-33(34)23-39(57-42)59(53,54)44-37(48)15-16-38(49)55-27(7)41(50)56-30-14-13-28-21-36(47)32(31(28)22-30)20-29-18-24(4)40(26(29)6)35(46)12-11-17-45(9-2)10-3/h13-14,20,22-23,25,27,34,43H,8-12,15-19,21H2,1-7H3,(H,44,48)/b32-20-/t25-,27?,34-/m0/s1. The van der Waals surface area contributed by atoms with Crippen LogP contribution in [-0.2, 0) is 55.0 Å². The third-order valence-electron chi connectivity index (χ3n) is 10.9. The lowest BCUT2D eigenvalue weighted by Gasteiger charge is -2.27. The lowest BCUT2D eigenvalue weighted by atomic mass is 9.98. The van der Waals surface area contributed by atoms with Gasteiger partial charge in [-0.25, -0.2) is 26.4 Å². The van der Waals surface area contributed by atoms with Crippen LogP contribution in [0.25, 0.3) is 5.57 Å². The summed E-state index contributed by atoms with van der Waals surface area (Å²) in [5.74, 6) is -2.79. The molecule has 3 atom stereocenters. The van der Waals surface area contributed by atoms with Gasteiger partial charge >= 0.3 is 11.9 Å². The van der Waals surface area contributed by atoms with Gasteiger partial charge in [0, 0.05) is 42.0 Å². The Balaban J connectivity index is 1.16. The Kier molecular flexibility index (Phi) is 14.7. The molecule has 320 valence electrons. The highest BCUT2D eigenvalue weighted by atomic mass is 32.3. The van der Waals surface area contributed by atoms with Crippen LogP contribution in [0.3, 0.4) is 0 Å². The number of carbonyl (C=O) groups is 5. The van der Waals surface area contributed by atoms with E-state index in [0.29, 0.717) is 47.4 Å². The van der Waals surface area contributed by atoms with Crippen molar-refractivity contribution in [2.24, 2.45) is 0 Å². The molecule has 5 rings (SSSR count). The van der Waals surface area contributed by atoms with Crippen LogP contribution in [0.15, 0.2) is 61.1 Å². The van der Waals surface area contributed by atoms with E-state index in [-0.39, 0.29) is 44.6 Å². The fourth-order valence-corrected chi connectivity index (χ4v) is 12.6. The summed E-state index contributed by atoms with van der Waals surface area (Å²) in [4.78, 5) is 66.9. The number of nitrogens with zero attached hydrogens (tertiary/aromatic N) is 1. The highest BCUT2D eigenvalue weighted by Gasteiger charge is 2.40. The number of Topliss-reactive ketones (excluding diaryl/α,β-unsaturated/α-hetero) is 2. The average Bonchev–Trinajstić information content (AvgIpc) is 3.85. The third-order valence-corrected chi connectivity index (χ3v) is 16.7. The van der Waals surface area contributed by atoms with Gasteiger partial charge in [-0.3, -0.25) is 19.2 Å². The van der Waals surface area contributed by atoms with Gasteiger partial charge in [0.25, 0.3) is 10.0 Å². The molecule has 2 aliphatic carbocycles. The molecule has 2 aromatic rings. The second-order valence-corrected chi connectivity index (χ2v) is 20.6. The number of benzene rings is 1. The number of nitrogens with one attached hydrogen (secondary N) is 2. The number of hydrogen-bond acceptors (Lipinski definition) is 14. The van der Waals surface area contributed by atoms with Crippen molar-refractivity contribution in [1.29, 1.82) is 0 Å². The molecule has 17 heteroatoms. The zero-order valence-corrected chi connectivity index (χ0v) is 37.0. The van der Waals surface area contributed by atoms with E-state index in [1.807, 2.05) is 31.6 Å². The number of hydrogen-bond donors (Lipinski definition) is 2. The summed E-state index contributed by atoms with van der Waals surface area (Å²) in [6, 6.07) is 5.69. The number of rotatable bonds is 18. The topological polar surface area (TPSA) is 199 Å². The molecule has 0 radical (unpaired) electrons. The molecular formula is C42H53N3O11S3. The van der Waals surface area contributed by atoms with E-state index in [4.69, 9.17) is 9.47 Å². The molecule has 1 aromatic carbocycles. The fourth-order valence-electron chi connectivity index (χ4n) is 7.64. The van der Waals surface area contributed by atoms with Gasteiger partial charge < -0.3 is 19.7 Å². The molecule has 59 heavy (non-hydrogen) atoms. The molecule has 1 unspecified atom stereocenters. The van der Waals surface area contributed by atoms with Gasteiger partial charge in [0.05, 0.1) is 11.7 Å². The van der Waals surface area contributed by atoms with Crippen molar-refractivity contribution < 1.29 is 50.3 Å². The maximum Gasteiger partial charge on any atom is 0.352 e. The Hall–Kier alpha value is -4.29. The van der Waals surface area contributed by atoms with E-state index in [1.54, 1.807) is 19.1 Å². The quantitative estimate of drug-likeness (QED) is 0.111. The summed E-state index contributed by atoms with van der Waals surface area (Å²) in [6.07, 6.45) is 1.47. The Morgan fingerprint density at radius 1 is 1.03 bits per heavy atom. The van der Waals surface area contributed by atoms with Crippen LogP contribution in [0.5, 0.6) is 5.75 Å². The summed E-state index contributed by atoms with van der Waals surface area (Å²) in [5, 5.41) is 2.45. The van der Waals surface area contributed by atoms with Crippen molar-refractivity contribution >= 4 is 66.2 Å². The van der Waals surface area contributed by atoms with Gasteiger partial charge in [-0.05, 0) is 120 Å². The molecule has 14 nitrogen and oxygen atoms in total. The first-order chi connectivity index (χ1) is 27.8. The Labute approximate surface area is 350 Å². The van der Waals surface area contributed by atoms with E-state index in [9.17, 15) is 40.8 Å². The molecule has 0 saturated heterocycles. The minimum Gasteiger partial charge on any atom is -0.451 e. The van der Waals surface area contributed by atoms with Crippen molar-refractivity contribution in [2.75, 3.05) is 26.2 Å². The van der Waals surface area contributed by atoms with Crippen LogP contribution in [0.2, 0.25) is 0 Å². The molecule has 2 heterocycles. The van der Waals surface area contributed by atoms with Gasteiger partial charge in [-0.15, -0.1) is 11.3 Å². The van der Waals surface area contributed by atoms with Crippen LogP contribution in [0, 0.1) is 0 Å². The fraction of sp³-hybridized carbons (Fsp3) is 0.500. The number of fused-ring (bicyclic) bond motifs is 2. The smallest absolute Gasteiger partial charge is 0.352 e. The second-order valence-electron chi connectivity index (χ2n) is 15.1. The zero-order valence-electron chi connectivity index (χ0n) is 34.6. The van der Waals surface area contributed by atoms with E-state index in [2.05, 4.69) is 24.1 Å². The Morgan fingerprint density at radius 3 is 2.42 bits per heavy atom. The van der Waals surface area contributed by atoms with Gasteiger partial charge in [-0.2, -0.15) is 0 Å². The third kappa shape index (κ3) is 10.4.